The molecule has 14 heavy (non-hydrogen) atoms. The second-order valence-electron chi connectivity index (χ2n) is 4.29. The Morgan fingerprint density at radius 2 is 1.93 bits per heavy atom. The van der Waals surface area contributed by atoms with Gasteiger partial charge in [-0.05, 0) is 40.5 Å². The van der Waals surface area contributed by atoms with Gasteiger partial charge in [0.1, 0.15) is 0 Å². The van der Waals surface area contributed by atoms with Crippen molar-refractivity contribution in [2.24, 2.45) is 0 Å². The number of nitrogens with zero attached hydrogens (tertiary/aromatic N) is 1. The maximum Gasteiger partial charge on any atom is 0.237 e. The monoisotopic (exact) mass is 198 g/mol. The molecular weight excluding hydrogens is 176 g/mol. The molecule has 0 saturated carbocycles. The van der Waals surface area contributed by atoms with Crippen molar-refractivity contribution < 1.29 is 4.79 Å². The van der Waals surface area contributed by atoms with Crippen molar-refractivity contribution in [1.82, 2.24) is 10.2 Å². The number of hydrogen-bond acceptors (Lipinski definition) is 2. The lowest BCUT2D eigenvalue weighted by atomic mass is 10.2. The van der Waals surface area contributed by atoms with Gasteiger partial charge in [-0.15, -0.1) is 0 Å². The summed E-state index contributed by atoms with van der Waals surface area (Å²) in [5, 5.41) is 2.88. The van der Waals surface area contributed by atoms with Crippen LogP contribution in [-0.2, 0) is 4.79 Å². The van der Waals surface area contributed by atoms with Crippen molar-refractivity contribution in [3.8, 4) is 0 Å². The number of amides is 1. The van der Waals surface area contributed by atoms with Gasteiger partial charge >= 0.3 is 0 Å². The summed E-state index contributed by atoms with van der Waals surface area (Å²) in [6.07, 6.45) is 2.43. The molecule has 1 amide bonds. The third-order valence-corrected chi connectivity index (χ3v) is 3.20. The zero-order valence-electron chi connectivity index (χ0n) is 9.71. The van der Waals surface area contributed by atoms with Crippen LogP contribution in [0.1, 0.15) is 40.5 Å². The average molecular weight is 198 g/mol. The van der Waals surface area contributed by atoms with E-state index in [4.69, 9.17) is 0 Å². The van der Waals surface area contributed by atoms with Crippen LogP contribution < -0.4 is 5.32 Å². The average Bonchev–Trinajstić information content (AvgIpc) is 2.46. The van der Waals surface area contributed by atoms with Crippen molar-refractivity contribution in [2.45, 2.75) is 58.7 Å². The molecule has 0 spiro atoms. The van der Waals surface area contributed by atoms with Gasteiger partial charge in [0.25, 0.3) is 0 Å². The molecule has 0 aliphatic carbocycles. The molecule has 0 aromatic heterocycles. The van der Waals surface area contributed by atoms with Crippen LogP contribution in [0.4, 0.5) is 0 Å². The van der Waals surface area contributed by atoms with E-state index in [2.05, 4.69) is 24.1 Å². The minimum absolute atomic E-state index is 0.0162. The highest BCUT2D eigenvalue weighted by Crippen LogP contribution is 2.25. The fourth-order valence-electron chi connectivity index (χ4n) is 2.44. The maximum atomic E-state index is 11.7. The second kappa shape index (κ2) is 4.78. The predicted molar refractivity (Wildman–Crippen MR) is 58.1 cm³/mol. The molecule has 1 N–H and O–H groups in total. The Balaban J connectivity index is 2.58. The highest BCUT2D eigenvalue weighted by molar-refractivity contribution is 5.81. The Morgan fingerprint density at radius 3 is 2.36 bits per heavy atom. The van der Waals surface area contributed by atoms with E-state index < -0.39 is 0 Å². The van der Waals surface area contributed by atoms with E-state index in [0.717, 1.165) is 6.54 Å². The van der Waals surface area contributed by atoms with Crippen LogP contribution in [0.25, 0.3) is 0 Å². The number of hydrogen-bond donors (Lipinski definition) is 1. The summed E-state index contributed by atoms with van der Waals surface area (Å²) in [7, 11) is 0. The highest BCUT2D eigenvalue weighted by atomic mass is 16.2. The molecule has 1 saturated heterocycles. The molecule has 3 heteroatoms. The Kier molecular flexibility index (Phi) is 3.93. The molecule has 0 aromatic carbocycles. The second-order valence-corrected chi connectivity index (χ2v) is 4.29. The molecule has 1 aliphatic heterocycles. The van der Waals surface area contributed by atoms with E-state index in [1.807, 2.05) is 13.8 Å². The first-order valence-electron chi connectivity index (χ1n) is 5.63. The van der Waals surface area contributed by atoms with Gasteiger partial charge in [-0.25, -0.2) is 0 Å². The van der Waals surface area contributed by atoms with Gasteiger partial charge in [-0.1, -0.05) is 0 Å². The summed E-state index contributed by atoms with van der Waals surface area (Å²) in [5.74, 6) is 0.160. The van der Waals surface area contributed by atoms with Crippen LogP contribution in [0.5, 0.6) is 0 Å². The first kappa shape index (κ1) is 11.5. The van der Waals surface area contributed by atoms with E-state index in [0.29, 0.717) is 12.1 Å². The van der Waals surface area contributed by atoms with Crippen LogP contribution in [0.15, 0.2) is 0 Å². The van der Waals surface area contributed by atoms with Crippen LogP contribution in [0, 0.1) is 0 Å². The minimum Gasteiger partial charge on any atom is -0.355 e. The van der Waals surface area contributed by atoms with Gasteiger partial charge < -0.3 is 5.32 Å². The third kappa shape index (κ3) is 2.27. The molecular formula is C11H22N2O. The van der Waals surface area contributed by atoms with Crippen LogP contribution in [-0.4, -0.2) is 35.5 Å². The number of likely N-dealkylation sites (N-methyl/N-ethyl adjacent to an activating group) is 1. The lowest BCUT2D eigenvalue weighted by molar-refractivity contribution is -0.126. The SMILES string of the molecule is CCNC(=O)C(C)N1C(C)CCC1C. The van der Waals surface area contributed by atoms with E-state index >= 15 is 0 Å². The molecule has 1 aliphatic rings. The lowest BCUT2D eigenvalue weighted by Crippen LogP contribution is -2.49. The Bertz CT molecular complexity index is 195. The molecule has 3 nitrogen and oxygen atoms in total. The zero-order chi connectivity index (χ0) is 10.7. The largest absolute Gasteiger partial charge is 0.355 e. The molecule has 3 atom stereocenters. The quantitative estimate of drug-likeness (QED) is 0.743. The van der Waals surface area contributed by atoms with Gasteiger partial charge in [-0.2, -0.15) is 0 Å². The summed E-state index contributed by atoms with van der Waals surface area (Å²) in [5.41, 5.74) is 0. The van der Waals surface area contributed by atoms with Gasteiger partial charge in [0, 0.05) is 18.6 Å². The van der Waals surface area contributed by atoms with E-state index in [9.17, 15) is 4.79 Å². The molecule has 1 heterocycles. The van der Waals surface area contributed by atoms with Crippen molar-refractivity contribution in [2.75, 3.05) is 6.54 Å². The smallest absolute Gasteiger partial charge is 0.237 e. The number of nitrogens with one attached hydrogen (secondary N) is 1. The summed E-state index contributed by atoms with van der Waals surface area (Å²) in [6, 6.07) is 1.10. The topological polar surface area (TPSA) is 32.3 Å². The van der Waals surface area contributed by atoms with E-state index in [-0.39, 0.29) is 11.9 Å². The van der Waals surface area contributed by atoms with Crippen LogP contribution in [0.2, 0.25) is 0 Å². The van der Waals surface area contributed by atoms with Gasteiger partial charge in [0.15, 0.2) is 0 Å². The first-order chi connectivity index (χ1) is 6.57. The molecule has 0 bridgehead atoms. The Morgan fingerprint density at radius 1 is 1.43 bits per heavy atom. The summed E-state index contributed by atoms with van der Waals surface area (Å²) < 4.78 is 0. The Hall–Kier alpha value is -0.570. The molecule has 0 radical (unpaired) electrons. The van der Waals surface area contributed by atoms with E-state index in [1.165, 1.54) is 12.8 Å². The van der Waals surface area contributed by atoms with Crippen LogP contribution in [0.3, 0.4) is 0 Å². The molecule has 0 aromatic rings. The van der Waals surface area contributed by atoms with Gasteiger partial charge in [0.05, 0.1) is 6.04 Å². The fraction of sp³-hybridized carbons (Fsp3) is 0.909. The fourth-order valence-corrected chi connectivity index (χ4v) is 2.44. The predicted octanol–water partition coefficient (Wildman–Crippen LogP) is 1.38. The number of likely N-dealkylation sites (tertiary alicyclic amines) is 1. The normalized spacial score (nSPS) is 30.3. The van der Waals surface area contributed by atoms with Crippen molar-refractivity contribution >= 4 is 5.91 Å². The van der Waals surface area contributed by atoms with Gasteiger partial charge in [-0.3, -0.25) is 9.69 Å². The molecule has 82 valence electrons. The Labute approximate surface area is 86.9 Å². The lowest BCUT2D eigenvalue weighted by Gasteiger charge is -2.31. The summed E-state index contributed by atoms with van der Waals surface area (Å²) >= 11 is 0. The molecule has 1 rings (SSSR count). The van der Waals surface area contributed by atoms with Crippen molar-refractivity contribution in [3.63, 3.8) is 0 Å². The molecule has 3 unspecified atom stereocenters. The van der Waals surface area contributed by atoms with Crippen molar-refractivity contribution in [3.05, 3.63) is 0 Å². The summed E-state index contributed by atoms with van der Waals surface area (Å²) in [6.45, 7) is 9.10. The highest BCUT2D eigenvalue weighted by Gasteiger charge is 2.33. The minimum atomic E-state index is 0.0162. The number of rotatable bonds is 3. The van der Waals surface area contributed by atoms with E-state index in [1.54, 1.807) is 0 Å². The van der Waals surface area contributed by atoms with Crippen molar-refractivity contribution in [1.29, 1.82) is 0 Å². The maximum absolute atomic E-state index is 11.7. The van der Waals surface area contributed by atoms with Crippen LogP contribution >= 0.6 is 0 Å². The third-order valence-electron chi connectivity index (χ3n) is 3.20. The summed E-state index contributed by atoms with van der Waals surface area (Å²) in [4.78, 5) is 14.0. The standard InChI is InChI=1S/C11H22N2O/c1-5-12-11(14)10(4)13-8(2)6-7-9(13)3/h8-10H,5-7H2,1-4H3,(H,12,14). The number of carbonyl (C=O) groups is 1. The van der Waals surface area contributed by atoms with Gasteiger partial charge in [0.2, 0.25) is 5.91 Å². The number of carbonyl (C=O) groups excluding carboxylic acids is 1. The zero-order valence-corrected chi connectivity index (χ0v) is 9.71. The molecule has 1 fully saturated rings. The first-order valence-corrected chi connectivity index (χ1v) is 5.63.